The summed E-state index contributed by atoms with van der Waals surface area (Å²) >= 11 is 0. The summed E-state index contributed by atoms with van der Waals surface area (Å²) in [6.07, 6.45) is 6.75. The summed E-state index contributed by atoms with van der Waals surface area (Å²) in [6, 6.07) is 22.3. The molecule has 2 amide bonds. The van der Waals surface area contributed by atoms with Gasteiger partial charge in [0, 0.05) is 48.4 Å². The lowest BCUT2D eigenvalue weighted by Gasteiger charge is -2.35. The van der Waals surface area contributed by atoms with Crippen LogP contribution in [0.15, 0.2) is 97.1 Å². The minimum Gasteiger partial charge on any atom is -0.372 e. The lowest BCUT2D eigenvalue weighted by molar-refractivity contribution is -0.139. The highest BCUT2D eigenvalue weighted by Crippen LogP contribution is 2.26. The van der Waals surface area contributed by atoms with Crippen LogP contribution < -0.4 is 5.32 Å². The number of nitrogens with one attached hydrogen (secondary N) is 1. The minimum absolute atomic E-state index is 0.111. The lowest BCUT2D eigenvalue weighted by atomic mass is 10.1. The molecule has 0 aliphatic carbocycles. The van der Waals surface area contributed by atoms with Crippen LogP contribution in [0.1, 0.15) is 29.8 Å². The molecular formula is C30H29N5O3. The van der Waals surface area contributed by atoms with Crippen LogP contribution in [0, 0.1) is 0 Å². The Morgan fingerprint density at radius 1 is 0.947 bits per heavy atom. The van der Waals surface area contributed by atoms with Gasteiger partial charge in [-0.3, -0.25) is 14.6 Å². The average molecular weight is 508 g/mol. The van der Waals surface area contributed by atoms with Crippen LogP contribution in [0.5, 0.6) is 0 Å². The number of para-hydroxylation sites is 1. The monoisotopic (exact) mass is 507 g/mol. The zero-order valence-electron chi connectivity index (χ0n) is 21.3. The first-order chi connectivity index (χ1) is 18.5. The molecule has 8 heteroatoms. The molecular weight excluding hydrogens is 478 g/mol. The highest BCUT2D eigenvalue weighted by Gasteiger charge is 2.29. The topological polar surface area (TPSA) is 89.4 Å². The quantitative estimate of drug-likeness (QED) is 0.392. The van der Waals surface area contributed by atoms with Gasteiger partial charge in [-0.25, -0.2) is 4.68 Å². The van der Waals surface area contributed by atoms with Crippen molar-refractivity contribution >= 4 is 17.9 Å². The first kappa shape index (κ1) is 25.1. The Balaban J connectivity index is 1.59. The SMILES string of the molecule is CC1CN(C(=O)/C(=C\c2cn(-c3ccccc3)nc2-c2cccnc2)NC(=O)c2ccccc2)CC(C)O1. The van der Waals surface area contributed by atoms with Crippen molar-refractivity contribution < 1.29 is 14.3 Å². The van der Waals surface area contributed by atoms with E-state index in [4.69, 9.17) is 9.84 Å². The van der Waals surface area contributed by atoms with E-state index in [1.165, 1.54) is 0 Å². The highest BCUT2D eigenvalue weighted by molar-refractivity contribution is 6.05. The van der Waals surface area contributed by atoms with Gasteiger partial charge in [0.15, 0.2) is 0 Å². The van der Waals surface area contributed by atoms with Gasteiger partial charge in [-0.1, -0.05) is 36.4 Å². The van der Waals surface area contributed by atoms with E-state index >= 15 is 0 Å². The number of hydrogen-bond donors (Lipinski definition) is 1. The number of benzene rings is 2. The summed E-state index contributed by atoms with van der Waals surface area (Å²) in [5.41, 5.74) is 3.61. The highest BCUT2D eigenvalue weighted by atomic mass is 16.5. The van der Waals surface area contributed by atoms with Crippen LogP contribution in [0.25, 0.3) is 23.0 Å². The number of carbonyl (C=O) groups is 2. The number of carbonyl (C=O) groups excluding carboxylic acids is 2. The average Bonchev–Trinajstić information content (AvgIpc) is 3.37. The fourth-order valence-corrected chi connectivity index (χ4v) is 4.54. The lowest BCUT2D eigenvalue weighted by Crippen LogP contribution is -2.50. The molecule has 2 aromatic carbocycles. The van der Waals surface area contributed by atoms with Crippen LogP contribution in [-0.2, 0) is 9.53 Å². The summed E-state index contributed by atoms with van der Waals surface area (Å²) < 4.78 is 7.58. The third kappa shape index (κ3) is 5.71. The van der Waals surface area contributed by atoms with Crippen molar-refractivity contribution in [1.29, 1.82) is 0 Å². The summed E-state index contributed by atoms with van der Waals surface area (Å²) in [7, 11) is 0. The Bertz CT molecular complexity index is 1420. The molecule has 2 aromatic heterocycles. The predicted octanol–water partition coefficient (Wildman–Crippen LogP) is 4.34. The molecule has 1 aliphatic rings. The van der Waals surface area contributed by atoms with Gasteiger partial charge in [0.05, 0.1) is 17.9 Å². The summed E-state index contributed by atoms with van der Waals surface area (Å²) in [5.74, 6) is -0.640. The minimum atomic E-state index is -0.363. The molecule has 4 aromatic rings. The van der Waals surface area contributed by atoms with Crippen molar-refractivity contribution in [2.75, 3.05) is 13.1 Å². The maximum Gasteiger partial charge on any atom is 0.270 e. The van der Waals surface area contributed by atoms with Crippen molar-refractivity contribution in [2.45, 2.75) is 26.1 Å². The molecule has 1 N–H and O–H groups in total. The number of amides is 2. The number of hydrogen-bond acceptors (Lipinski definition) is 5. The second-order valence-corrected chi connectivity index (χ2v) is 9.30. The van der Waals surface area contributed by atoms with Crippen LogP contribution in [-0.4, -0.2) is 56.8 Å². The number of pyridine rings is 1. The van der Waals surface area contributed by atoms with Crippen molar-refractivity contribution in [2.24, 2.45) is 0 Å². The molecule has 2 atom stereocenters. The van der Waals surface area contributed by atoms with Crippen LogP contribution >= 0.6 is 0 Å². The molecule has 1 fully saturated rings. The molecule has 0 spiro atoms. The molecule has 38 heavy (non-hydrogen) atoms. The Hall–Kier alpha value is -4.56. The maximum absolute atomic E-state index is 13.8. The van der Waals surface area contributed by atoms with Gasteiger partial charge in [-0.2, -0.15) is 5.10 Å². The molecule has 8 nitrogen and oxygen atoms in total. The van der Waals surface area contributed by atoms with Gasteiger partial charge in [0.1, 0.15) is 11.4 Å². The number of morpholine rings is 1. The number of nitrogens with zero attached hydrogens (tertiary/aromatic N) is 4. The van der Waals surface area contributed by atoms with Gasteiger partial charge < -0.3 is 15.0 Å². The second-order valence-electron chi connectivity index (χ2n) is 9.30. The van der Waals surface area contributed by atoms with Gasteiger partial charge in [0.2, 0.25) is 0 Å². The van der Waals surface area contributed by atoms with Crippen LogP contribution in [0.4, 0.5) is 0 Å². The third-order valence-electron chi connectivity index (χ3n) is 6.22. The summed E-state index contributed by atoms with van der Waals surface area (Å²) in [4.78, 5) is 33.0. The maximum atomic E-state index is 13.8. The molecule has 0 bridgehead atoms. The summed E-state index contributed by atoms with van der Waals surface area (Å²) in [5, 5.41) is 7.69. The fourth-order valence-electron chi connectivity index (χ4n) is 4.54. The molecule has 1 aliphatic heterocycles. The van der Waals surface area contributed by atoms with Crippen LogP contribution in [0.2, 0.25) is 0 Å². The van der Waals surface area contributed by atoms with E-state index in [0.717, 1.165) is 11.3 Å². The van der Waals surface area contributed by atoms with E-state index in [2.05, 4.69) is 10.3 Å². The van der Waals surface area contributed by atoms with E-state index in [0.29, 0.717) is 29.9 Å². The standard InChI is InChI=1S/C30H29N5O3/c1-21-18-34(19-22(2)38-21)30(37)27(32-29(36)23-10-5-3-6-11-23)16-25-20-35(26-13-7-4-8-14-26)33-28(25)24-12-9-15-31-17-24/h3-17,20-22H,18-19H2,1-2H3,(H,32,36)/b27-16+. The van der Waals surface area contributed by atoms with Crippen molar-refractivity contribution in [3.8, 4) is 16.9 Å². The Morgan fingerprint density at radius 2 is 1.63 bits per heavy atom. The number of aromatic nitrogens is 3. The largest absolute Gasteiger partial charge is 0.372 e. The smallest absolute Gasteiger partial charge is 0.270 e. The number of ether oxygens (including phenoxy) is 1. The van der Waals surface area contributed by atoms with Gasteiger partial charge in [0.25, 0.3) is 11.8 Å². The zero-order chi connectivity index (χ0) is 26.5. The molecule has 1 saturated heterocycles. The van der Waals surface area contributed by atoms with Gasteiger partial charge in [-0.15, -0.1) is 0 Å². The molecule has 0 saturated carbocycles. The fraction of sp³-hybridized carbons (Fsp3) is 0.200. The van der Waals surface area contributed by atoms with E-state index in [1.807, 2.05) is 68.6 Å². The Morgan fingerprint density at radius 3 is 2.29 bits per heavy atom. The normalized spacial score (nSPS) is 17.7. The van der Waals surface area contributed by atoms with Gasteiger partial charge >= 0.3 is 0 Å². The van der Waals surface area contributed by atoms with Crippen molar-refractivity contribution in [3.05, 3.63) is 108 Å². The first-order valence-corrected chi connectivity index (χ1v) is 12.6. The van der Waals surface area contributed by atoms with Gasteiger partial charge in [-0.05, 0) is 56.3 Å². The third-order valence-corrected chi connectivity index (χ3v) is 6.22. The Kier molecular flexibility index (Phi) is 7.42. The number of rotatable bonds is 6. The first-order valence-electron chi connectivity index (χ1n) is 12.6. The van der Waals surface area contributed by atoms with E-state index in [1.54, 1.807) is 52.3 Å². The van der Waals surface area contributed by atoms with Crippen LogP contribution in [0.3, 0.4) is 0 Å². The second kappa shape index (κ2) is 11.2. The van der Waals surface area contributed by atoms with Crippen molar-refractivity contribution in [1.82, 2.24) is 25.0 Å². The Labute approximate surface area is 221 Å². The molecule has 5 rings (SSSR count). The predicted molar refractivity (Wildman–Crippen MR) is 145 cm³/mol. The van der Waals surface area contributed by atoms with E-state index in [9.17, 15) is 9.59 Å². The molecule has 0 radical (unpaired) electrons. The van der Waals surface area contributed by atoms with E-state index < -0.39 is 0 Å². The molecule has 3 heterocycles. The molecule has 192 valence electrons. The van der Waals surface area contributed by atoms with Crippen molar-refractivity contribution in [3.63, 3.8) is 0 Å². The summed E-state index contributed by atoms with van der Waals surface area (Å²) in [6.45, 7) is 4.74. The molecule has 2 unspecified atom stereocenters. The zero-order valence-corrected chi connectivity index (χ0v) is 21.3. The van der Waals surface area contributed by atoms with E-state index in [-0.39, 0.29) is 29.7 Å².